The number of nitrogens with one attached hydrogen (secondary N) is 1. The lowest BCUT2D eigenvalue weighted by Crippen LogP contribution is -2.46. The van der Waals surface area contributed by atoms with Crippen LogP contribution >= 0.6 is 12.4 Å². The summed E-state index contributed by atoms with van der Waals surface area (Å²) in [5, 5.41) is 6.93. The van der Waals surface area contributed by atoms with E-state index in [0.717, 1.165) is 13.1 Å². The van der Waals surface area contributed by atoms with E-state index in [4.69, 9.17) is 9.26 Å². The van der Waals surface area contributed by atoms with Crippen molar-refractivity contribution < 1.29 is 14.1 Å². The topological polar surface area (TPSA) is 67.6 Å². The molecule has 1 aliphatic heterocycles. The quantitative estimate of drug-likeness (QED) is 0.847. The molecule has 2 heterocycles. The minimum absolute atomic E-state index is 0. The molecule has 1 N–H and O–H groups in total. The van der Waals surface area contributed by atoms with Crippen LogP contribution in [0.3, 0.4) is 0 Å². The molecule has 17 heavy (non-hydrogen) atoms. The lowest BCUT2D eigenvalue weighted by Gasteiger charge is -2.26. The SMILES string of the molecule is COCc1cc(C(=O)N2CCNCC2)no1.Cl. The van der Waals surface area contributed by atoms with E-state index in [9.17, 15) is 4.79 Å². The highest BCUT2D eigenvalue weighted by Crippen LogP contribution is 2.08. The van der Waals surface area contributed by atoms with Gasteiger partial charge in [-0.2, -0.15) is 0 Å². The van der Waals surface area contributed by atoms with Crippen LogP contribution in [0.1, 0.15) is 16.2 Å². The summed E-state index contributed by atoms with van der Waals surface area (Å²) in [7, 11) is 1.57. The molecule has 0 unspecified atom stereocenters. The molecule has 1 saturated heterocycles. The third-order valence-corrected chi connectivity index (χ3v) is 2.47. The van der Waals surface area contributed by atoms with E-state index in [-0.39, 0.29) is 18.3 Å². The molecular weight excluding hydrogens is 246 g/mol. The maximum Gasteiger partial charge on any atom is 0.276 e. The molecule has 2 rings (SSSR count). The van der Waals surface area contributed by atoms with Crippen LogP contribution in [-0.2, 0) is 11.3 Å². The molecule has 0 radical (unpaired) electrons. The maximum absolute atomic E-state index is 12.0. The molecule has 0 aromatic carbocycles. The second-order valence-corrected chi connectivity index (χ2v) is 3.65. The first-order valence-corrected chi connectivity index (χ1v) is 5.26. The van der Waals surface area contributed by atoms with Crippen LogP contribution in [0.15, 0.2) is 10.6 Å². The molecule has 0 spiro atoms. The van der Waals surface area contributed by atoms with Crippen molar-refractivity contribution in [3.05, 3.63) is 17.5 Å². The summed E-state index contributed by atoms with van der Waals surface area (Å²) >= 11 is 0. The second kappa shape index (κ2) is 6.58. The summed E-state index contributed by atoms with van der Waals surface area (Å²) < 4.78 is 9.88. The normalized spacial score (nSPS) is 15.5. The fourth-order valence-electron chi connectivity index (χ4n) is 1.65. The highest BCUT2D eigenvalue weighted by atomic mass is 35.5. The summed E-state index contributed by atoms with van der Waals surface area (Å²) in [5.74, 6) is 0.494. The Morgan fingerprint density at radius 2 is 2.29 bits per heavy atom. The van der Waals surface area contributed by atoms with E-state index in [1.54, 1.807) is 18.1 Å². The van der Waals surface area contributed by atoms with E-state index in [2.05, 4.69) is 10.5 Å². The molecule has 1 aromatic heterocycles. The van der Waals surface area contributed by atoms with Crippen molar-refractivity contribution in [3.8, 4) is 0 Å². The van der Waals surface area contributed by atoms with Gasteiger partial charge in [-0.3, -0.25) is 4.79 Å². The molecule has 0 aliphatic carbocycles. The molecule has 0 atom stereocenters. The number of carbonyl (C=O) groups excluding carboxylic acids is 1. The number of carbonyl (C=O) groups is 1. The molecule has 1 aromatic rings. The number of ether oxygens (including phenoxy) is 1. The third kappa shape index (κ3) is 3.42. The Morgan fingerprint density at radius 3 is 2.94 bits per heavy atom. The third-order valence-electron chi connectivity index (χ3n) is 2.47. The van der Waals surface area contributed by atoms with Crippen molar-refractivity contribution in [1.29, 1.82) is 0 Å². The molecule has 6 nitrogen and oxygen atoms in total. The van der Waals surface area contributed by atoms with E-state index in [1.165, 1.54) is 0 Å². The lowest BCUT2D eigenvalue weighted by molar-refractivity contribution is 0.0725. The number of hydrogen-bond acceptors (Lipinski definition) is 5. The monoisotopic (exact) mass is 261 g/mol. The Balaban J connectivity index is 0.00000144. The van der Waals surface area contributed by atoms with Crippen LogP contribution in [0.4, 0.5) is 0 Å². The Hall–Kier alpha value is -1.11. The van der Waals surface area contributed by atoms with Crippen molar-refractivity contribution in [2.24, 2.45) is 0 Å². The van der Waals surface area contributed by atoms with Gasteiger partial charge in [-0.25, -0.2) is 0 Å². The van der Waals surface area contributed by atoms with Crippen LogP contribution in [0.2, 0.25) is 0 Å². The van der Waals surface area contributed by atoms with Crippen LogP contribution in [0.5, 0.6) is 0 Å². The number of rotatable bonds is 3. The predicted octanol–water partition coefficient (Wildman–Crippen LogP) is 0.288. The number of piperazine rings is 1. The molecule has 1 fully saturated rings. The highest BCUT2D eigenvalue weighted by molar-refractivity contribution is 5.92. The molecule has 7 heteroatoms. The smallest absolute Gasteiger partial charge is 0.276 e. The van der Waals surface area contributed by atoms with Gasteiger partial charge in [0.2, 0.25) is 0 Å². The Morgan fingerprint density at radius 1 is 1.59 bits per heavy atom. The van der Waals surface area contributed by atoms with Gasteiger partial charge < -0.3 is 19.5 Å². The zero-order valence-electron chi connectivity index (χ0n) is 9.64. The summed E-state index contributed by atoms with van der Waals surface area (Å²) in [5.41, 5.74) is 0.356. The van der Waals surface area contributed by atoms with Gasteiger partial charge in [-0.1, -0.05) is 5.16 Å². The van der Waals surface area contributed by atoms with Gasteiger partial charge in [0.05, 0.1) is 0 Å². The van der Waals surface area contributed by atoms with Crippen LogP contribution in [0.25, 0.3) is 0 Å². The number of aromatic nitrogens is 1. The maximum atomic E-state index is 12.0. The highest BCUT2D eigenvalue weighted by Gasteiger charge is 2.21. The Labute approximate surface area is 106 Å². The largest absolute Gasteiger partial charge is 0.377 e. The number of hydrogen-bond donors (Lipinski definition) is 1. The number of halogens is 1. The van der Waals surface area contributed by atoms with Crippen LogP contribution < -0.4 is 5.32 Å². The average molecular weight is 262 g/mol. The fraction of sp³-hybridized carbons (Fsp3) is 0.600. The number of nitrogens with zero attached hydrogens (tertiary/aromatic N) is 2. The standard InChI is InChI=1S/C10H15N3O3.ClH/c1-15-7-8-6-9(12-16-8)10(14)13-4-2-11-3-5-13;/h6,11H,2-5,7H2,1H3;1H. The van der Waals surface area contributed by atoms with E-state index < -0.39 is 0 Å². The van der Waals surface area contributed by atoms with Gasteiger partial charge in [-0.15, -0.1) is 12.4 Å². The van der Waals surface area contributed by atoms with Gasteiger partial charge in [0.25, 0.3) is 5.91 Å². The number of amides is 1. The molecule has 0 saturated carbocycles. The summed E-state index contributed by atoms with van der Waals surface area (Å²) in [6.45, 7) is 3.42. The first-order chi connectivity index (χ1) is 7.81. The molecule has 1 aliphatic rings. The summed E-state index contributed by atoms with van der Waals surface area (Å²) in [6, 6.07) is 1.63. The van der Waals surface area contributed by atoms with Gasteiger partial charge >= 0.3 is 0 Å². The van der Waals surface area contributed by atoms with Crippen molar-refractivity contribution >= 4 is 18.3 Å². The van der Waals surface area contributed by atoms with Crippen molar-refractivity contribution in [2.75, 3.05) is 33.3 Å². The van der Waals surface area contributed by atoms with E-state index in [1.807, 2.05) is 0 Å². The first-order valence-electron chi connectivity index (χ1n) is 5.26. The Bertz CT molecular complexity index is 363. The van der Waals surface area contributed by atoms with Gasteiger partial charge in [0.15, 0.2) is 11.5 Å². The van der Waals surface area contributed by atoms with Crippen molar-refractivity contribution in [2.45, 2.75) is 6.61 Å². The van der Waals surface area contributed by atoms with Crippen molar-refractivity contribution in [1.82, 2.24) is 15.4 Å². The van der Waals surface area contributed by atoms with Crippen LogP contribution in [0, 0.1) is 0 Å². The molecule has 0 bridgehead atoms. The zero-order valence-corrected chi connectivity index (χ0v) is 10.5. The molecule has 96 valence electrons. The minimum atomic E-state index is -0.0763. The average Bonchev–Trinajstić information content (AvgIpc) is 2.78. The number of methoxy groups -OCH3 is 1. The zero-order chi connectivity index (χ0) is 11.4. The van der Waals surface area contributed by atoms with Crippen LogP contribution in [-0.4, -0.2) is 49.3 Å². The fourth-order valence-corrected chi connectivity index (χ4v) is 1.65. The molecule has 1 amide bonds. The summed E-state index contributed by atoms with van der Waals surface area (Å²) in [4.78, 5) is 13.7. The van der Waals surface area contributed by atoms with Gasteiger partial charge in [-0.05, 0) is 0 Å². The second-order valence-electron chi connectivity index (χ2n) is 3.65. The minimum Gasteiger partial charge on any atom is -0.377 e. The first kappa shape index (κ1) is 14.0. The Kier molecular flexibility index (Phi) is 5.40. The summed E-state index contributed by atoms with van der Waals surface area (Å²) in [6.07, 6.45) is 0. The predicted molar refractivity (Wildman–Crippen MR) is 63.2 cm³/mol. The lowest BCUT2D eigenvalue weighted by atomic mass is 10.3. The van der Waals surface area contributed by atoms with E-state index in [0.29, 0.717) is 31.2 Å². The van der Waals surface area contributed by atoms with Gasteiger partial charge in [0, 0.05) is 39.4 Å². The molecular formula is C10H16ClN3O3. The van der Waals surface area contributed by atoms with Crippen molar-refractivity contribution in [3.63, 3.8) is 0 Å². The van der Waals surface area contributed by atoms with E-state index >= 15 is 0 Å². The van der Waals surface area contributed by atoms with Gasteiger partial charge in [0.1, 0.15) is 6.61 Å².